The number of nitrogens with one attached hydrogen (secondary N) is 1. The summed E-state index contributed by atoms with van der Waals surface area (Å²) >= 11 is 5.49. The first-order valence-electron chi connectivity index (χ1n) is 4.14. The van der Waals surface area contributed by atoms with Gasteiger partial charge in [0.05, 0.1) is 12.4 Å². The van der Waals surface area contributed by atoms with Gasteiger partial charge in [0.25, 0.3) is 0 Å². The van der Waals surface area contributed by atoms with Gasteiger partial charge in [-0.1, -0.05) is 0 Å². The first-order chi connectivity index (χ1) is 8.38. The van der Waals surface area contributed by atoms with Gasteiger partial charge in [0.15, 0.2) is 0 Å². The maximum Gasteiger partial charge on any atom is 0.244 e. The Morgan fingerprint density at radius 2 is 1.94 bits per heavy atom. The molecule has 0 unspecified atom stereocenters. The molecule has 3 heterocycles. The lowest BCUT2D eigenvalue weighted by atomic mass is 10.6. The number of aromatic nitrogens is 11. The number of hydrogen-bond acceptors (Lipinski definition) is 9. The van der Waals surface area contributed by atoms with Crippen molar-refractivity contribution in [2.24, 2.45) is 0 Å². The fourth-order valence-corrected chi connectivity index (χ4v) is 0.905. The molecule has 17 heavy (non-hydrogen) atoms. The highest BCUT2D eigenvalue weighted by Gasteiger charge is 2.10. The largest absolute Gasteiger partial charge is 0.244 e. The average molecular weight is 254 g/mol. The van der Waals surface area contributed by atoms with E-state index in [4.69, 9.17) is 11.8 Å². The van der Waals surface area contributed by atoms with Crippen molar-refractivity contribution >= 4 is 11.8 Å². The number of rotatable bonds is 1. The molecule has 86 valence electrons. The Bertz CT molecular complexity index is 505. The molecule has 0 aliphatic carbocycles. The molecule has 12 heteroatoms. The summed E-state index contributed by atoms with van der Waals surface area (Å²) in [7, 11) is 0. The van der Waals surface area contributed by atoms with Gasteiger partial charge < -0.3 is 0 Å². The number of halogens is 1. The van der Waals surface area contributed by atoms with Crippen molar-refractivity contribution in [1.82, 2.24) is 55.8 Å². The molecule has 3 rings (SSSR count). The third-order valence-electron chi connectivity index (χ3n) is 1.39. The van der Waals surface area contributed by atoms with E-state index in [1.54, 1.807) is 18.5 Å². The molecule has 0 spiro atoms. The molecule has 3 aromatic rings. The molecule has 0 bridgehead atoms. The Balaban J connectivity index is 0.000000153. The van der Waals surface area contributed by atoms with E-state index in [1.165, 1.54) is 0 Å². The van der Waals surface area contributed by atoms with Crippen LogP contribution in [0.15, 0.2) is 18.5 Å². The second kappa shape index (κ2) is 5.50. The molecule has 0 radical (unpaired) electrons. The van der Waals surface area contributed by atoms with Crippen LogP contribution in [0.2, 0.25) is 0 Å². The van der Waals surface area contributed by atoms with E-state index >= 15 is 0 Å². The molecule has 0 atom stereocenters. The van der Waals surface area contributed by atoms with Crippen molar-refractivity contribution in [3.8, 4) is 11.6 Å². The highest BCUT2D eigenvalue weighted by Crippen LogP contribution is 2.06. The van der Waals surface area contributed by atoms with E-state index in [-0.39, 0.29) is 11.6 Å². The molecule has 0 saturated heterocycles. The minimum Gasteiger partial charge on any atom is -0.177 e. The summed E-state index contributed by atoms with van der Waals surface area (Å²) in [6.45, 7) is 0. The normalized spacial score (nSPS) is 9.47. The van der Waals surface area contributed by atoms with E-state index in [2.05, 4.69) is 51.6 Å². The summed E-state index contributed by atoms with van der Waals surface area (Å²) in [5.41, 5.74) is 0. The zero-order valence-corrected chi connectivity index (χ0v) is 8.84. The Morgan fingerprint density at radius 3 is 2.35 bits per heavy atom. The Hall–Kier alpha value is -2.56. The summed E-state index contributed by atoms with van der Waals surface area (Å²) in [4.78, 5) is 0. The Kier molecular flexibility index (Phi) is 3.54. The average Bonchev–Trinajstić information content (AvgIpc) is 3.02. The molecule has 0 fully saturated rings. The van der Waals surface area contributed by atoms with E-state index in [0.717, 1.165) is 4.20 Å². The van der Waals surface area contributed by atoms with E-state index in [9.17, 15) is 0 Å². The number of H-pyrrole nitrogens is 1. The highest BCUT2D eigenvalue weighted by atomic mass is 35.5. The first kappa shape index (κ1) is 10.9. The fraction of sp³-hybridized carbons (Fsp3) is 0. The van der Waals surface area contributed by atoms with Crippen molar-refractivity contribution < 1.29 is 0 Å². The van der Waals surface area contributed by atoms with Gasteiger partial charge in [-0.15, -0.1) is 29.7 Å². The zero-order chi connectivity index (χ0) is 11.9. The number of aromatic amines is 1. The standard InChI is InChI=1S/C3H3N3.C2HClN8/c1-2-4-6-5-3-1;3-11-2(6-9-10-11)1-4-7-8-5-1/h1-3H;(H,4,5,7,8). The summed E-state index contributed by atoms with van der Waals surface area (Å²) in [5.74, 6) is 0.505. The molecular weight excluding hydrogens is 250 g/mol. The molecule has 0 amide bonds. The van der Waals surface area contributed by atoms with Crippen LogP contribution in [-0.4, -0.2) is 55.8 Å². The predicted molar refractivity (Wildman–Crippen MR) is 52.1 cm³/mol. The van der Waals surface area contributed by atoms with Gasteiger partial charge in [0.2, 0.25) is 11.6 Å². The lowest BCUT2D eigenvalue weighted by Crippen LogP contribution is -1.90. The lowest BCUT2D eigenvalue weighted by molar-refractivity contribution is 0.846. The molecule has 3 aromatic heterocycles. The maximum atomic E-state index is 5.49. The van der Waals surface area contributed by atoms with Gasteiger partial charge in [0, 0.05) is 11.8 Å². The quantitative estimate of drug-likeness (QED) is 0.562. The van der Waals surface area contributed by atoms with Crippen LogP contribution in [0.1, 0.15) is 0 Å². The van der Waals surface area contributed by atoms with Crippen LogP contribution >= 0.6 is 11.8 Å². The van der Waals surface area contributed by atoms with Crippen LogP contribution in [0.3, 0.4) is 0 Å². The SMILES string of the molecule is Cln1nnnc1-c1nn[nH]n1.c1cnnnc1. The number of nitrogens with zero attached hydrogens (tertiary/aromatic N) is 10. The smallest absolute Gasteiger partial charge is 0.177 e. The van der Waals surface area contributed by atoms with Gasteiger partial charge in [-0.3, -0.25) is 0 Å². The van der Waals surface area contributed by atoms with Crippen molar-refractivity contribution in [3.05, 3.63) is 18.5 Å². The highest BCUT2D eigenvalue weighted by molar-refractivity contribution is 6.15. The predicted octanol–water partition coefficient (Wildman–Crippen LogP) is -1.27. The molecular formula is C5H4ClN11. The maximum absolute atomic E-state index is 5.49. The van der Waals surface area contributed by atoms with Crippen LogP contribution in [-0.2, 0) is 0 Å². The summed E-state index contributed by atoms with van der Waals surface area (Å²) in [6, 6.07) is 1.72. The van der Waals surface area contributed by atoms with Crippen molar-refractivity contribution in [2.45, 2.75) is 0 Å². The lowest BCUT2D eigenvalue weighted by Gasteiger charge is -1.83. The van der Waals surface area contributed by atoms with Crippen LogP contribution in [0.5, 0.6) is 0 Å². The first-order valence-corrected chi connectivity index (χ1v) is 4.48. The van der Waals surface area contributed by atoms with Crippen LogP contribution < -0.4 is 0 Å². The monoisotopic (exact) mass is 253 g/mol. The molecule has 0 aliphatic heterocycles. The van der Waals surface area contributed by atoms with E-state index in [1.807, 2.05) is 0 Å². The summed E-state index contributed by atoms with van der Waals surface area (Å²) in [5, 5.41) is 33.1. The van der Waals surface area contributed by atoms with E-state index < -0.39 is 0 Å². The minimum absolute atomic E-state index is 0.250. The van der Waals surface area contributed by atoms with Gasteiger partial charge in [-0.05, 0) is 26.9 Å². The number of tetrazole rings is 2. The Labute approximate surface area is 98.3 Å². The van der Waals surface area contributed by atoms with E-state index in [0.29, 0.717) is 0 Å². The molecule has 0 aromatic carbocycles. The molecule has 1 N–H and O–H groups in total. The molecule has 0 saturated carbocycles. The molecule has 0 aliphatic rings. The van der Waals surface area contributed by atoms with Crippen LogP contribution in [0, 0.1) is 0 Å². The number of hydrogen-bond donors (Lipinski definition) is 1. The van der Waals surface area contributed by atoms with Gasteiger partial charge in [-0.25, -0.2) is 0 Å². The summed E-state index contributed by atoms with van der Waals surface area (Å²) < 4.78 is 0.935. The second-order valence-corrected chi connectivity index (χ2v) is 2.73. The Morgan fingerprint density at radius 1 is 1.12 bits per heavy atom. The summed E-state index contributed by atoms with van der Waals surface area (Å²) in [6.07, 6.45) is 3.15. The minimum atomic E-state index is 0.250. The third-order valence-corrected chi connectivity index (χ3v) is 1.61. The second-order valence-electron chi connectivity index (χ2n) is 2.41. The van der Waals surface area contributed by atoms with Crippen molar-refractivity contribution in [2.75, 3.05) is 0 Å². The third kappa shape index (κ3) is 2.94. The van der Waals surface area contributed by atoms with Crippen LogP contribution in [0.4, 0.5) is 0 Å². The molecule has 11 nitrogen and oxygen atoms in total. The van der Waals surface area contributed by atoms with Crippen molar-refractivity contribution in [3.63, 3.8) is 0 Å². The van der Waals surface area contributed by atoms with Gasteiger partial charge in [0.1, 0.15) is 0 Å². The fourth-order valence-electron chi connectivity index (χ4n) is 0.765. The topological polar surface area (TPSA) is 137 Å². The zero-order valence-electron chi connectivity index (χ0n) is 8.08. The van der Waals surface area contributed by atoms with Gasteiger partial charge >= 0.3 is 0 Å². The van der Waals surface area contributed by atoms with Crippen molar-refractivity contribution in [1.29, 1.82) is 0 Å². The van der Waals surface area contributed by atoms with Crippen LogP contribution in [0.25, 0.3) is 11.6 Å². The van der Waals surface area contributed by atoms with Gasteiger partial charge in [-0.2, -0.15) is 5.21 Å².